The molecular formula is C10H12N2O3S. The maximum Gasteiger partial charge on any atom is 0.413 e. The summed E-state index contributed by atoms with van der Waals surface area (Å²) in [6, 6.07) is 7.13. The van der Waals surface area contributed by atoms with Crippen LogP contribution in [0, 0.1) is 0 Å². The summed E-state index contributed by atoms with van der Waals surface area (Å²) < 4.78 is 9.40. The maximum atomic E-state index is 10.8. The summed E-state index contributed by atoms with van der Waals surface area (Å²) >= 11 is 4.89. The van der Waals surface area contributed by atoms with Gasteiger partial charge in [0.05, 0.1) is 14.2 Å². The van der Waals surface area contributed by atoms with Crippen LogP contribution in [0.4, 0.5) is 10.5 Å². The van der Waals surface area contributed by atoms with Gasteiger partial charge in [-0.05, 0) is 36.5 Å². The highest BCUT2D eigenvalue weighted by Crippen LogP contribution is 2.14. The lowest BCUT2D eigenvalue weighted by Crippen LogP contribution is -2.33. The molecule has 0 bridgehead atoms. The summed E-state index contributed by atoms with van der Waals surface area (Å²) in [4.78, 5) is 10.8. The van der Waals surface area contributed by atoms with Gasteiger partial charge in [-0.15, -0.1) is 0 Å². The summed E-state index contributed by atoms with van der Waals surface area (Å²) in [5, 5.41) is 5.33. The Hall–Kier alpha value is -1.82. The number of carbonyl (C=O) groups is 1. The summed E-state index contributed by atoms with van der Waals surface area (Å²) in [6.45, 7) is 0. The molecule has 5 nitrogen and oxygen atoms in total. The van der Waals surface area contributed by atoms with E-state index in [0.29, 0.717) is 0 Å². The van der Waals surface area contributed by atoms with Gasteiger partial charge in [-0.3, -0.25) is 5.32 Å². The fraction of sp³-hybridized carbons (Fsp3) is 0.200. The van der Waals surface area contributed by atoms with Crippen molar-refractivity contribution >= 4 is 29.1 Å². The number of anilines is 1. The van der Waals surface area contributed by atoms with Gasteiger partial charge in [0.1, 0.15) is 5.75 Å². The highest BCUT2D eigenvalue weighted by atomic mass is 32.1. The van der Waals surface area contributed by atoms with E-state index in [0.717, 1.165) is 11.4 Å². The SMILES string of the molecule is COC(=O)NC(=S)Nc1ccc(OC)cc1. The lowest BCUT2D eigenvalue weighted by molar-refractivity contribution is 0.177. The molecule has 0 aliphatic heterocycles. The zero-order valence-corrected chi connectivity index (χ0v) is 9.76. The topological polar surface area (TPSA) is 59.6 Å². The first kappa shape index (κ1) is 12.3. The maximum absolute atomic E-state index is 10.8. The third-order valence-corrected chi connectivity index (χ3v) is 1.95. The average Bonchev–Trinajstić information content (AvgIpc) is 2.29. The number of nitrogens with one attached hydrogen (secondary N) is 2. The van der Waals surface area contributed by atoms with Crippen LogP contribution in [0.1, 0.15) is 0 Å². The Balaban J connectivity index is 2.52. The second-order valence-electron chi connectivity index (χ2n) is 2.80. The molecule has 0 atom stereocenters. The highest BCUT2D eigenvalue weighted by Gasteiger charge is 2.03. The Morgan fingerprint density at radius 1 is 1.25 bits per heavy atom. The molecule has 0 saturated heterocycles. The molecule has 0 fully saturated rings. The molecule has 0 aliphatic carbocycles. The van der Waals surface area contributed by atoms with E-state index in [-0.39, 0.29) is 5.11 Å². The minimum absolute atomic E-state index is 0.178. The molecule has 0 radical (unpaired) electrons. The molecule has 86 valence electrons. The molecule has 0 heterocycles. The van der Waals surface area contributed by atoms with Gasteiger partial charge in [0.25, 0.3) is 0 Å². The van der Waals surface area contributed by atoms with E-state index in [2.05, 4.69) is 15.4 Å². The second-order valence-corrected chi connectivity index (χ2v) is 3.21. The highest BCUT2D eigenvalue weighted by molar-refractivity contribution is 7.80. The van der Waals surface area contributed by atoms with Crippen molar-refractivity contribution in [3.63, 3.8) is 0 Å². The number of ether oxygens (including phenoxy) is 2. The summed E-state index contributed by atoms with van der Waals surface area (Å²) in [6.07, 6.45) is -0.606. The van der Waals surface area contributed by atoms with Crippen molar-refractivity contribution in [1.29, 1.82) is 0 Å². The van der Waals surface area contributed by atoms with Crippen LogP contribution in [0.3, 0.4) is 0 Å². The number of thiocarbonyl (C=S) groups is 1. The molecule has 0 spiro atoms. The van der Waals surface area contributed by atoms with Crippen LogP contribution in [-0.2, 0) is 4.74 Å². The molecule has 1 rings (SSSR count). The Morgan fingerprint density at radius 3 is 2.38 bits per heavy atom. The summed E-state index contributed by atoms with van der Waals surface area (Å²) in [5.41, 5.74) is 0.752. The van der Waals surface area contributed by atoms with E-state index in [9.17, 15) is 4.79 Å². The van der Waals surface area contributed by atoms with E-state index in [1.54, 1.807) is 31.4 Å². The number of benzene rings is 1. The number of methoxy groups -OCH3 is 2. The normalized spacial score (nSPS) is 9.12. The first-order valence-corrected chi connectivity index (χ1v) is 4.86. The van der Waals surface area contributed by atoms with E-state index in [4.69, 9.17) is 17.0 Å². The Labute approximate surface area is 98.7 Å². The first-order chi connectivity index (χ1) is 7.65. The predicted molar refractivity (Wildman–Crippen MR) is 64.8 cm³/mol. The van der Waals surface area contributed by atoms with E-state index >= 15 is 0 Å². The number of rotatable bonds is 2. The third kappa shape index (κ3) is 3.74. The number of hydrogen-bond donors (Lipinski definition) is 2. The monoisotopic (exact) mass is 240 g/mol. The van der Waals surface area contributed by atoms with Crippen molar-refractivity contribution in [2.75, 3.05) is 19.5 Å². The Kier molecular flexibility index (Phi) is 4.53. The van der Waals surface area contributed by atoms with Crippen LogP contribution in [0.2, 0.25) is 0 Å². The zero-order chi connectivity index (χ0) is 12.0. The van der Waals surface area contributed by atoms with Crippen LogP contribution in [0.15, 0.2) is 24.3 Å². The standard InChI is InChI=1S/C10H12N2O3S/c1-14-8-5-3-7(4-6-8)11-9(16)12-10(13)15-2/h3-6H,1-2H3,(H2,11,12,13,16). The van der Waals surface area contributed by atoms with Gasteiger partial charge >= 0.3 is 6.09 Å². The molecule has 0 aliphatic rings. The lowest BCUT2D eigenvalue weighted by atomic mass is 10.3. The first-order valence-electron chi connectivity index (χ1n) is 4.45. The molecule has 0 saturated carbocycles. The molecule has 1 aromatic rings. The van der Waals surface area contributed by atoms with Gasteiger partial charge in [0.2, 0.25) is 0 Å². The molecule has 0 aromatic heterocycles. The molecule has 0 unspecified atom stereocenters. The van der Waals surface area contributed by atoms with Gasteiger partial charge in [-0.2, -0.15) is 0 Å². The zero-order valence-electron chi connectivity index (χ0n) is 8.94. The molecule has 1 aromatic carbocycles. The number of hydrogen-bond acceptors (Lipinski definition) is 4. The van der Waals surface area contributed by atoms with Crippen LogP contribution < -0.4 is 15.4 Å². The van der Waals surface area contributed by atoms with Gasteiger partial charge in [0, 0.05) is 5.69 Å². The van der Waals surface area contributed by atoms with Crippen LogP contribution in [0.5, 0.6) is 5.75 Å². The molecule has 6 heteroatoms. The van der Waals surface area contributed by atoms with Crippen molar-refractivity contribution in [3.8, 4) is 5.75 Å². The fourth-order valence-electron chi connectivity index (χ4n) is 0.980. The Bertz CT molecular complexity index is 378. The van der Waals surface area contributed by atoms with Gasteiger partial charge in [-0.25, -0.2) is 4.79 Å². The van der Waals surface area contributed by atoms with Crippen molar-refractivity contribution in [2.24, 2.45) is 0 Å². The van der Waals surface area contributed by atoms with Crippen molar-refractivity contribution in [1.82, 2.24) is 5.32 Å². The molecule has 1 amide bonds. The molecule has 16 heavy (non-hydrogen) atoms. The van der Waals surface area contributed by atoms with E-state index in [1.807, 2.05) is 0 Å². The van der Waals surface area contributed by atoms with Crippen LogP contribution in [0.25, 0.3) is 0 Å². The summed E-state index contributed by atoms with van der Waals surface area (Å²) in [7, 11) is 2.86. The molecule has 2 N–H and O–H groups in total. The van der Waals surface area contributed by atoms with E-state index < -0.39 is 6.09 Å². The smallest absolute Gasteiger partial charge is 0.413 e. The fourth-order valence-corrected chi connectivity index (χ4v) is 1.18. The number of amides is 1. The number of carbonyl (C=O) groups excluding carboxylic acids is 1. The van der Waals surface area contributed by atoms with Crippen molar-refractivity contribution < 1.29 is 14.3 Å². The quantitative estimate of drug-likeness (QED) is 0.771. The Morgan fingerprint density at radius 2 is 1.88 bits per heavy atom. The third-order valence-electron chi connectivity index (χ3n) is 1.75. The van der Waals surface area contributed by atoms with E-state index in [1.165, 1.54) is 7.11 Å². The largest absolute Gasteiger partial charge is 0.497 e. The van der Waals surface area contributed by atoms with Crippen molar-refractivity contribution in [3.05, 3.63) is 24.3 Å². The minimum atomic E-state index is -0.606. The minimum Gasteiger partial charge on any atom is -0.497 e. The lowest BCUT2D eigenvalue weighted by Gasteiger charge is -2.08. The number of alkyl carbamates (subject to hydrolysis) is 1. The average molecular weight is 240 g/mol. The van der Waals surface area contributed by atoms with Crippen molar-refractivity contribution in [2.45, 2.75) is 0 Å². The van der Waals surface area contributed by atoms with Crippen LogP contribution in [-0.4, -0.2) is 25.4 Å². The van der Waals surface area contributed by atoms with Gasteiger partial charge in [0.15, 0.2) is 5.11 Å². The van der Waals surface area contributed by atoms with Crippen LogP contribution >= 0.6 is 12.2 Å². The predicted octanol–water partition coefficient (Wildman–Crippen LogP) is 1.75. The van der Waals surface area contributed by atoms with Gasteiger partial charge in [-0.1, -0.05) is 0 Å². The summed E-state index contributed by atoms with van der Waals surface area (Å²) in [5.74, 6) is 0.748. The molecular weight excluding hydrogens is 228 g/mol. The second kappa shape index (κ2) is 5.92. The van der Waals surface area contributed by atoms with Gasteiger partial charge < -0.3 is 14.8 Å².